The van der Waals surface area contributed by atoms with Gasteiger partial charge in [-0.25, -0.2) is 0 Å². The van der Waals surface area contributed by atoms with E-state index in [0.717, 1.165) is 6.04 Å². The number of rotatable bonds is 0. The molecular formula is C13H29N. The van der Waals surface area contributed by atoms with Gasteiger partial charge in [0.2, 0.25) is 0 Å². The van der Waals surface area contributed by atoms with E-state index in [-0.39, 0.29) is 7.43 Å². The summed E-state index contributed by atoms with van der Waals surface area (Å²) in [7, 11) is 0. The van der Waals surface area contributed by atoms with Gasteiger partial charge in [0.05, 0.1) is 0 Å². The lowest BCUT2D eigenvalue weighted by Crippen LogP contribution is -2.49. The summed E-state index contributed by atoms with van der Waals surface area (Å²) in [5.74, 6) is 0. The Morgan fingerprint density at radius 2 is 1.50 bits per heavy atom. The molecule has 86 valence electrons. The van der Waals surface area contributed by atoms with Crippen LogP contribution in [0.1, 0.15) is 61.8 Å². The fourth-order valence-corrected chi connectivity index (χ4v) is 2.47. The van der Waals surface area contributed by atoms with Gasteiger partial charge >= 0.3 is 0 Å². The Bertz CT molecular complexity index is 151. The second-order valence-corrected chi connectivity index (χ2v) is 6.39. The first-order chi connectivity index (χ1) is 5.73. The third-order valence-corrected chi connectivity index (χ3v) is 3.11. The Morgan fingerprint density at radius 3 is 1.79 bits per heavy atom. The lowest BCUT2D eigenvalue weighted by molar-refractivity contribution is 0.0582. The normalized spacial score (nSPS) is 24.9. The maximum absolute atomic E-state index is 2.67. The molecule has 0 aromatic carbocycles. The standard InChI is InChI=1S/C12H25N.CH4/c1-11(2,3)10-8-7-9-13(10)12(4,5)6;/h10H,7-9H2,1-6H3;1H4. The molecule has 14 heavy (non-hydrogen) atoms. The summed E-state index contributed by atoms with van der Waals surface area (Å²) in [6.07, 6.45) is 2.75. The van der Waals surface area contributed by atoms with Crippen molar-refractivity contribution in [3.05, 3.63) is 0 Å². The molecule has 0 radical (unpaired) electrons. The van der Waals surface area contributed by atoms with E-state index in [4.69, 9.17) is 0 Å². The van der Waals surface area contributed by atoms with Crippen LogP contribution in [0, 0.1) is 5.41 Å². The van der Waals surface area contributed by atoms with Crippen molar-refractivity contribution in [3.63, 3.8) is 0 Å². The number of likely N-dealkylation sites (tertiary alicyclic amines) is 1. The highest BCUT2D eigenvalue weighted by Crippen LogP contribution is 2.36. The SMILES string of the molecule is C.CC(C)(C)C1CCCN1C(C)(C)C. The zero-order valence-corrected chi connectivity index (χ0v) is 10.1. The third kappa shape index (κ3) is 2.98. The first kappa shape index (κ1) is 14.0. The quantitative estimate of drug-likeness (QED) is 0.571. The topological polar surface area (TPSA) is 3.24 Å². The van der Waals surface area contributed by atoms with Crippen LogP contribution in [-0.2, 0) is 0 Å². The molecule has 0 bridgehead atoms. The molecule has 0 amide bonds. The molecule has 0 spiro atoms. The van der Waals surface area contributed by atoms with Crippen molar-refractivity contribution < 1.29 is 0 Å². The Kier molecular flexibility index (Phi) is 4.21. The summed E-state index contributed by atoms with van der Waals surface area (Å²) >= 11 is 0. The van der Waals surface area contributed by atoms with Gasteiger partial charge in [-0.3, -0.25) is 4.90 Å². The molecule has 1 fully saturated rings. The van der Waals surface area contributed by atoms with Gasteiger partial charge in [-0.2, -0.15) is 0 Å². The summed E-state index contributed by atoms with van der Waals surface area (Å²) in [6.45, 7) is 15.4. The van der Waals surface area contributed by atoms with Crippen LogP contribution >= 0.6 is 0 Å². The fraction of sp³-hybridized carbons (Fsp3) is 1.00. The summed E-state index contributed by atoms with van der Waals surface area (Å²) in [5, 5.41) is 0. The van der Waals surface area contributed by atoms with E-state index in [9.17, 15) is 0 Å². The molecule has 1 nitrogen and oxygen atoms in total. The molecule has 1 rings (SSSR count). The summed E-state index contributed by atoms with van der Waals surface area (Å²) in [4.78, 5) is 2.67. The second kappa shape index (κ2) is 4.22. The van der Waals surface area contributed by atoms with E-state index in [2.05, 4.69) is 46.4 Å². The van der Waals surface area contributed by atoms with Crippen molar-refractivity contribution in [2.45, 2.75) is 73.4 Å². The van der Waals surface area contributed by atoms with E-state index >= 15 is 0 Å². The average molecular weight is 199 g/mol. The van der Waals surface area contributed by atoms with Crippen LogP contribution in [0.2, 0.25) is 0 Å². The summed E-state index contributed by atoms with van der Waals surface area (Å²) < 4.78 is 0. The molecule has 1 saturated heterocycles. The van der Waals surface area contributed by atoms with Gasteiger partial charge in [-0.05, 0) is 45.6 Å². The van der Waals surface area contributed by atoms with Gasteiger partial charge in [-0.1, -0.05) is 28.2 Å². The van der Waals surface area contributed by atoms with Crippen molar-refractivity contribution in [1.29, 1.82) is 0 Å². The van der Waals surface area contributed by atoms with Crippen LogP contribution in [0.5, 0.6) is 0 Å². The zero-order chi connectivity index (χ0) is 10.3. The molecule has 1 aliphatic rings. The van der Waals surface area contributed by atoms with Crippen molar-refractivity contribution in [3.8, 4) is 0 Å². The van der Waals surface area contributed by atoms with E-state index in [0.29, 0.717) is 11.0 Å². The third-order valence-electron chi connectivity index (χ3n) is 3.11. The molecular weight excluding hydrogens is 170 g/mol. The zero-order valence-electron chi connectivity index (χ0n) is 10.1. The number of hydrogen-bond acceptors (Lipinski definition) is 1. The van der Waals surface area contributed by atoms with Gasteiger partial charge in [0.25, 0.3) is 0 Å². The first-order valence-corrected chi connectivity index (χ1v) is 5.49. The van der Waals surface area contributed by atoms with Gasteiger partial charge in [0.15, 0.2) is 0 Å². The van der Waals surface area contributed by atoms with E-state index in [1.165, 1.54) is 19.4 Å². The van der Waals surface area contributed by atoms with E-state index in [1.807, 2.05) is 0 Å². The van der Waals surface area contributed by atoms with Crippen LogP contribution < -0.4 is 0 Å². The molecule has 0 saturated carbocycles. The molecule has 1 heteroatoms. The van der Waals surface area contributed by atoms with Crippen molar-refractivity contribution in [1.82, 2.24) is 4.90 Å². The highest BCUT2D eigenvalue weighted by molar-refractivity contribution is 4.93. The Balaban J connectivity index is 0.00000169. The Morgan fingerprint density at radius 1 is 1.00 bits per heavy atom. The van der Waals surface area contributed by atoms with Crippen molar-refractivity contribution >= 4 is 0 Å². The Labute approximate surface area is 90.9 Å². The molecule has 1 atom stereocenters. The predicted octanol–water partition coefficient (Wildman–Crippen LogP) is 3.93. The minimum atomic E-state index is 0. The lowest BCUT2D eigenvalue weighted by atomic mass is 9.83. The van der Waals surface area contributed by atoms with Gasteiger partial charge in [0.1, 0.15) is 0 Å². The minimum absolute atomic E-state index is 0. The first-order valence-electron chi connectivity index (χ1n) is 5.49. The lowest BCUT2D eigenvalue weighted by Gasteiger charge is -2.43. The van der Waals surface area contributed by atoms with Gasteiger partial charge in [0, 0.05) is 11.6 Å². The maximum Gasteiger partial charge on any atom is 0.0149 e. The van der Waals surface area contributed by atoms with Crippen molar-refractivity contribution in [2.24, 2.45) is 5.41 Å². The maximum atomic E-state index is 2.67. The molecule has 0 aliphatic carbocycles. The van der Waals surface area contributed by atoms with E-state index < -0.39 is 0 Å². The van der Waals surface area contributed by atoms with Crippen LogP contribution in [0.4, 0.5) is 0 Å². The molecule has 1 aliphatic heterocycles. The van der Waals surface area contributed by atoms with Crippen LogP contribution in [0.15, 0.2) is 0 Å². The molecule has 1 unspecified atom stereocenters. The number of hydrogen-bond donors (Lipinski definition) is 0. The van der Waals surface area contributed by atoms with Gasteiger partial charge in [-0.15, -0.1) is 0 Å². The van der Waals surface area contributed by atoms with Gasteiger partial charge < -0.3 is 0 Å². The monoisotopic (exact) mass is 199 g/mol. The molecule has 0 N–H and O–H groups in total. The fourth-order valence-electron chi connectivity index (χ4n) is 2.47. The molecule has 0 aromatic rings. The Hall–Kier alpha value is -0.0400. The number of nitrogens with zero attached hydrogens (tertiary/aromatic N) is 1. The van der Waals surface area contributed by atoms with Crippen LogP contribution in [0.3, 0.4) is 0 Å². The van der Waals surface area contributed by atoms with Crippen molar-refractivity contribution in [2.75, 3.05) is 6.54 Å². The smallest absolute Gasteiger partial charge is 0.0149 e. The average Bonchev–Trinajstić information content (AvgIpc) is 2.27. The summed E-state index contributed by atoms with van der Waals surface area (Å²) in [5.41, 5.74) is 0.776. The molecule has 1 heterocycles. The van der Waals surface area contributed by atoms with Crippen LogP contribution in [0.25, 0.3) is 0 Å². The van der Waals surface area contributed by atoms with E-state index in [1.54, 1.807) is 0 Å². The highest BCUT2D eigenvalue weighted by atomic mass is 15.2. The predicted molar refractivity (Wildman–Crippen MR) is 65.7 cm³/mol. The minimum Gasteiger partial charge on any atom is -0.295 e. The highest BCUT2D eigenvalue weighted by Gasteiger charge is 2.38. The second-order valence-electron chi connectivity index (χ2n) is 6.39. The molecule has 0 aromatic heterocycles. The summed E-state index contributed by atoms with van der Waals surface area (Å²) in [6, 6.07) is 0.771. The van der Waals surface area contributed by atoms with Crippen LogP contribution in [-0.4, -0.2) is 23.0 Å². The largest absolute Gasteiger partial charge is 0.295 e.